The normalized spacial score (nSPS) is 16.8. The van der Waals surface area contributed by atoms with E-state index in [9.17, 15) is 10.1 Å². The number of nitrogens with zero attached hydrogens (tertiary/aromatic N) is 2. The molecule has 2 aliphatic rings. The lowest BCUT2D eigenvalue weighted by Gasteiger charge is -2.28. The number of hydrogen-bond donors (Lipinski definition) is 1. The molecule has 0 saturated heterocycles. The molecule has 1 aliphatic carbocycles. The second-order valence-electron chi connectivity index (χ2n) is 8.25. The van der Waals surface area contributed by atoms with Crippen LogP contribution < -0.4 is 10.2 Å². The Kier molecular flexibility index (Phi) is 6.18. The molecule has 2 aromatic carbocycles. The molecule has 1 aliphatic heterocycles. The summed E-state index contributed by atoms with van der Waals surface area (Å²) in [6, 6.07) is 16.8. The van der Waals surface area contributed by atoms with E-state index in [2.05, 4.69) is 48.6 Å². The average molecular weight is 400 g/mol. The molecule has 0 saturated carbocycles. The van der Waals surface area contributed by atoms with E-state index in [-0.39, 0.29) is 17.5 Å². The SMILES string of the molecule is CCC(NC(=O)/C(C#N)=C\N1CCCc2ccccc21)c1ccc2c(c1)CCCC2. The first-order valence-corrected chi connectivity index (χ1v) is 11.1. The lowest BCUT2D eigenvalue weighted by molar-refractivity contribution is -0.117. The van der Waals surface area contributed by atoms with Crippen LogP contribution in [0.25, 0.3) is 0 Å². The Hall–Kier alpha value is -3.06. The Morgan fingerprint density at radius 1 is 1.10 bits per heavy atom. The summed E-state index contributed by atoms with van der Waals surface area (Å²) in [5, 5.41) is 12.8. The number of rotatable bonds is 5. The van der Waals surface area contributed by atoms with Crippen molar-refractivity contribution < 1.29 is 4.79 Å². The highest BCUT2D eigenvalue weighted by Gasteiger charge is 2.21. The zero-order valence-corrected chi connectivity index (χ0v) is 17.7. The van der Waals surface area contributed by atoms with Crippen molar-refractivity contribution in [2.75, 3.05) is 11.4 Å². The van der Waals surface area contributed by atoms with Gasteiger partial charge in [-0.3, -0.25) is 4.79 Å². The van der Waals surface area contributed by atoms with Crippen molar-refractivity contribution in [3.8, 4) is 6.07 Å². The largest absolute Gasteiger partial charge is 0.346 e. The molecule has 30 heavy (non-hydrogen) atoms. The number of aryl methyl sites for hydroxylation is 3. The number of hydrogen-bond acceptors (Lipinski definition) is 3. The van der Waals surface area contributed by atoms with Crippen LogP contribution in [0, 0.1) is 11.3 Å². The summed E-state index contributed by atoms with van der Waals surface area (Å²) in [6.45, 7) is 2.89. The Bertz CT molecular complexity index is 1000. The number of nitriles is 1. The van der Waals surface area contributed by atoms with Gasteiger partial charge in [0.2, 0.25) is 0 Å². The van der Waals surface area contributed by atoms with Gasteiger partial charge in [-0.1, -0.05) is 43.3 Å². The summed E-state index contributed by atoms with van der Waals surface area (Å²) in [6.07, 6.45) is 9.31. The number of carbonyl (C=O) groups is 1. The molecule has 4 nitrogen and oxygen atoms in total. The number of anilines is 1. The molecule has 2 aromatic rings. The molecule has 0 aromatic heterocycles. The fraction of sp³-hybridized carbons (Fsp3) is 0.385. The molecule has 0 fully saturated rings. The summed E-state index contributed by atoms with van der Waals surface area (Å²) >= 11 is 0. The van der Waals surface area contributed by atoms with E-state index in [1.165, 1.54) is 29.5 Å². The van der Waals surface area contributed by atoms with Gasteiger partial charge in [0.05, 0.1) is 6.04 Å². The van der Waals surface area contributed by atoms with Gasteiger partial charge in [-0.15, -0.1) is 0 Å². The summed E-state index contributed by atoms with van der Waals surface area (Å²) in [4.78, 5) is 15.0. The third kappa shape index (κ3) is 4.26. The van der Waals surface area contributed by atoms with Crippen molar-refractivity contribution in [3.63, 3.8) is 0 Å². The minimum atomic E-state index is -0.301. The van der Waals surface area contributed by atoms with Gasteiger partial charge in [-0.25, -0.2) is 0 Å². The van der Waals surface area contributed by atoms with E-state index < -0.39 is 0 Å². The van der Waals surface area contributed by atoms with E-state index in [0.29, 0.717) is 0 Å². The summed E-state index contributed by atoms with van der Waals surface area (Å²) in [5.41, 5.74) is 6.49. The number of fused-ring (bicyclic) bond motifs is 2. The highest BCUT2D eigenvalue weighted by atomic mass is 16.1. The van der Waals surface area contributed by atoms with Crippen LogP contribution in [-0.4, -0.2) is 12.5 Å². The van der Waals surface area contributed by atoms with Crippen molar-refractivity contribution in [1.82, 2.24) is 5.32 Å². The predicted molar refractivity (Wildman–Crippen MR) is 120 cm³/mol. The van der Waals surface area contributed by atoms with Crippen molar-refractivity contribution >= 4 is 11.6 Å². The third-order valence-corrected chi connectivity index (χ3v) is 6.28. The lowest BCUT2D eigenvalue weighted by atomic mass is 9.88. The Balaban J connectivity index is 1.53. The van der Waals surface area contributed by atoms with E-state index in [0.717, 1.165) is 49.9 Å². The van der Waals surface area contributed by atoms with Crippen LogP contribution in [0.15, 0.2) is 54.2 Å². The lowest BCUT2D eigenvalue weighted by Crippen LogP contribution is -2.31. The molecule has 0 bridgehead atoms. The highest BCUT2D eigenvalue weighted by Crippen LogP contribution is 2.28. The molecule has 4 heteroatoms. The van der Waals surface area contributed by atoms with Crippen LogP contribution in [0.4, 0.5) is 5.69 Å². The average Bonchev–Trinajstić information content (AvgIpc) is 2.80. The number of para-hydroxylation sites is 1. The molecule has 4 rings (SSSR count). The van der Waals surface area contributed by atoms with E-state index in [4.69, 9.17) is 0 Å². The van der Waals surface area contributed by atoms with E-state index in [1.54, 1.807) is 6.20 Å². The fourth-order valence-electron chi connectivity index (χ4n) is 4.62. The van der Waals surface area contributed by atoms with Gasteiger partial charge in [0.15, 0.2) is 0 Å². The molecule has 1 atom stereocenters. The third-order valence-electron chi connectivity index (χ3n) is 6.28. The first kappa shape index (κ1) is 20.2. The molecule has 1 heterocycles. The molecule has 0 spiro atoms. The van der Waals surface area contributed by atoms with Crippen LogP contribution in [0.3, 0.4) is 0 Å². The van der Waals surface area contributed by atoms with Gasteiger partial charge >= 0.3 is 0 Å². The monoisotopic (exact) mass is 399 g/mol. The van der Waals surface area contributed by atoms with Gasteiger partial charge in [0, 0.05) is 18.4 Å². The van der Waals surface area contributed by atoms with Crippen LogP contribution in [0.1, 0.15) is 60.9 Å². The van der Waals surface area contributed by atoms with Gasteiger partial charge in [-0.05, 0) is 73.3 Å². The Labute approximate surface area is 179 Å². The Morgan fingerprint density at radius 3 is 2.67 bits per heavy atom. The van der Waals surface area contributed by atoms with Crippen LogP contribution in [0.2, 0.25) is 0 Å². The summed E-state index contributed by atoms with van der Waals surface area (Å²) in [7, 11) is 0. The molecule has 154 valence electrons. The standard InChI is InChI=1S/C26H29N3O/c1-2-24(22-14-13-19-8-3-4-10-21(19)16-22)28-26(30)23(17-27)18-29-15-7-11-20-9-5-6-12-25(20)29/h5-6,9,12-14,16,18,24H,2-4,7-8,10-11,15H2,1H3,(H,28,30)/b23-18-. The smallest absolute Gasteiger partial charge is 0.263 e. The number of carbonyl (C=O) groups excluding carboxylic acids is 1. The zero-order valence-electron chi connectivity index (χ0n) is 17.7. The number of amides is 1. The highest BCUT2D eigenvalue weighted by molar-refractivity contribution is 5.98. The number of nitrogens with one attached hydrogen (secondary N) is 1. The second-order valence-corrected chi connectivity index (χ2v) is 8.25. The quantitative estimate of drug-likeness (QED) is 0.569. The molecule has 1 unspecified atom stereocenters. The van der Waals surface area contributed by atoms with Crippen molar-refractivity contribution in [2.45, 2.75) is 57.9 Å². The van der Waals surface area contributed by atoms with E-state index >= 15 is 0 Å². The molecular formula is C26H29N3O. The summed E-state index contributed by atoms with van der Waals surface area (Å²) in [5.74, 6) is -0.301. The van der Waals surface area contributed by atoms with Gasteiger partial charge in [-0.2, -0.15) is 5.26 Å². The van der Waals surface area contributed by atoms with Gasteiger partial charge < -0.3 is 10.2 Å². The minimum absolute atomic E-state index is 0.0879. The summed E-state index contributed by atoms with van der Waals surface area (Å²) < 4.78 is 0. The first-order chi connectivity index (χ1) is 14.7. The van der Waals surface area contributed by atoms with Gasteiger partial charge in [0.1, 0.15) is 11.6 Å². The Morgan fingerprint density at radius 2 is 1.87 bits per heavy atom. The minimum Gasteiger partial charge on any atom is -0.346 e. The van der Waals surface area contributed by atoms with Crippen molar-refractivity contribution in [1.29, 1.82) is 5.26 Å². The van der Waals surface area contributed by atoms with E-state index in [1.807, 2.05) is 17.0 Å². The van der Waals surface area contributed by atoms with Gasteiger partial charge in [0.25, 0.3) is 5.91 Å². The predicted octanol–water partition coefficient (Wildman–Crippen LogP) is 4.99. The maximum Gasteiger partial charge on any atom is 0.263 e. The number of benzene rings is 2. The zero-order chi connectivity index (χ0) is 20.9. The maximum atomic E-state index is 13.0. The van der Waals surface area contributed by atoms with Crippen LogP contribution >= 0.6 is 0 Å². The molecule has 1 N–H and O–H groups in total. The first-order valence-electron chi connectivity index (χ1n) is 11.1. The second kappa shape index (κ2) is 9.17. The van der Waals surface area contributed by atoms with Crippen LogP contribution in [0.5, 0.6) is 0 Å². The van der Waals surface area contributed by atoms with Crippen LogP contribution in [-0.2, 0) is 24.1 Å². The van der Waals surface area contributed by atoms with Crippen molar-refractivity contribution in [3.05, 3.63) is 76.5 Å². The fourth-order valence-corrected chi connectivity index (χ4v) is 4.62. The molecule has 1 amide bonds. The topological polar surface area (TPSA) is 56.1 Å². The van der Waals surface area contributed by atoms with Crippen molar-refractivity contribution in [2.24, 2.45) is 0 Å². The molecule has 0 radical (unpaired) electrons. The molecular weight excluding hydrogens is 370 g/mol. The maximum absolute atomic E-state index is 13.0.